The van der Waals surface area contributed by atoms with Crippen LogP contribution in [0.1, 0.15) is 0 Å². The Labute approximate surface area is 58.0 Å². The summed E-state index contributed by atoms with van der Waals surface area (Å²) in [6.45, 7) is 0. The Kier molecular flexibility index (Phi) is 1.69. The first kappa shape index (κ1) is 5.55. The van der Waals surface area contributed by atoms with Crippen LogP contribution in [0.15, 0.2) is 0 Å². The second-order valence-corrected chi connectivity index (χ2v) is 4.35. The Morgan fingerprint density at radius 2 is 1.57 bits per heavy atom. The molecule has 0 aliphatic rings. The van der Waals surface area contributed by atoms with Gasteiger partial charge in [0.15, 0.2) is 7.91 Å². The van der Waals surface area contributed by atoms with Gasteiger partial charge in [0.2, 0.25) is 0 Å². The molecule has 0 fully saturated rings. The minimum Gasteiger partial charge on any atom is -0.319 e. The topological polar surface area (TPSA) is 15.8 Å². The fraction of sp³-hybridized carbons (Fsp3) is 0. The lowest BCUT2D eigenvalue weighted by Gasteiger charge is -1.54. The van der Waals surface area contributed by atoms with Gasteiger partial charge in [-0.25, -0.2) is 0 Å². The molecule has 1 heterocycles. The molecule has 0 amide bonds. The molecule has 1 N–H and O–H groups in total. The summed E-state index contributed by atoms with van der Waals surface area (Å²) < 4.78 is 1.55. The van der Waals surface area contributed by atoms with Gasteiger partial charge in [0, 0.05) is 0 Å². The van der Waals surface area contributed by atoms with Gasteiger partial charge in [-0.15, -0.1) is 0 Å². The zero-order chi connectivity index (χ0) is 5.28. The van der Waals surface area contributed by atoms with Gasteiger partial charge in [0.1, 0.15) is 0 Å². The maximum atomic E-state index is 4.74. The van der Waals surface area contributed by atoms with E-state index in [0.717, 1.165) is 7.91 Å². The summed E-state index contributed by atoms with van der Waals surface area (Å²) >= 11 is 9.48. The third kappa shape index (κ3) is 1.41. The van der Waals surface area contributed by atoms with Gasteiger partial charge in [-0.3, -0.25) is 0 Å². The number of hydrogen-bond acceptors (Lipinski definition) is 4. The molecule has 0 atom stereocenters. The first-order valence-corrected chi connectivity index (χ1v) is 4.45. The normalized spacial score (nSPS) is 9.14. The summed E-state index contributed by atoms with van der Waals surface area (Å²) in [7, 11) is 3.00. The molecule has 7 heavy (non-hydrogen) atoms. The molecule has 0 bridgehead atoms. The van der Waals surface area contributed by atoms with Crippen molar-refractivity contribution < 1.29 is 0 Å². The lowest BCUT2D eigenvalue weighted by molar-refractivity contribution is 1.40. The maximum Gasteiger partial charge on any atom is 0.170 e. The third-order valence-corrected chi connectivity index (χ3v) is 3.57. The standard InChI is InChI=1S/C2HNS4/c4-1-3-2(5)7-6-1/h(H,3,4,5). The van der Waals surface area contributed by atoms with E-state index in [1.54, 1.807) is 0 Å². The van der Waals surface area contributed by atoms with Gasteiger partial charge < -0.3 is 4.98 Å². The van der Waals surface area contributed by atoms with Gasteiger partial charge in [-0.05, 0) is 45.1 Å². The summed E-state index contributed by atoms with van der Waals surface area (Å²) in [6.07, 6.45) is 0. The van der Waals surface area contributed by atoms with Crippen LogP contribution < -0.4 is 0 Å². The van der Waals surface area contributed by atoms with Crippen molar-refractivity contribution >= 4 is 45.1 Å². The van der Waals surface area contributed by atoms with Crippen molar-refractivity contribution in [1.82, 2.24) is 4.98 Å². The predicted octanol–water partition coefficient (Wildman–Crippen LogP) is 2.60. The highest BCUT2D eigenvalue weighted by Gasteiger charge is 1.76. The van der Waals surface area contributed by atoms with Crippen molar-refractivity contribution in [3.63, 3.8) is 0 Å². The van der Waals surface area contributed by atoms with E-state index in [2.05, 4.69) is 4.98 Å². The van der Waals surface area contributed by atoms with E-state index in [1.165, 1.54) is 20.7 Å². The van der Waals surface area contributed by atoms with Crippen molar-refractivity contribution in [2.24, 2.45) is 0 Å². The Morgan fingerprint density at radius 1 is 1.14 bits per heavy atom. The molecule has 1 nitrogen and oxygen atoms in total. The highest BCUT2D eigenvalue weighted by molar-refractivity contribution is 7.82. The summed E-state index contributed by atoms with van der Waals surface area (Å²) in [4.78, 5) is 2.81. The number of aromatic nitrogens is 1. The van der Waals surface area contributed by atoms with Gasteiger partial charge in [0.05, 0.1) is 0 Å². The zero-order valence-corrected chi connectivity index (χ0v) is 6.40. The minimum atomic E-state index is 0.773. The van der Waals surface area contributed by atoms with E-state index in [4.69, 9.17) is 24.4 Å². The van der Waals surface area contributed by atoms with Crippen molar-refractivity contribution in [3.05, 3.63) is 7.91 Å². The molecule has 0 saturated carbocycles. The number of rotatable bonds is 0. The average Bonchev–Trinajstić information content (AvgIpc) is 1.87. The monoisotopic (exact) mass is 167 g/mol. The van der Waals surface area contributed by atoms with E-state index in [1.807, 2.05) is 0 Å². The minimum absolute atomic E-state index is 0.773. The van der Waals surface area contributed by atoms with Gasteiger partial charge >= 0.3 is 0 Å². The quantitative estimate of drug-likeness (QED) is 0.472. The smallest absolute Gasteiger partial charge is 0.170 e. The predicted molar refractivity (Wildman–Crippen MR) is 38.2 cm³/mol. The number of hydrogen-bond donors (Lipinski definition) is 1. The van der Waals surface area contributed by atoms with Crippen LogP contribution in [0.25, 0.3) is 0 Å². The lowest BCUT2D eigenvalue weighted by atomic mass is 11.4. The summed E-state index contributed by atoms with van der Waals surface area (Å²) in [5, 5.41) is 0. The molecular weight excluding hydrogens is 166 g/mol. The summed E-state index contributed by atoms with van der Waals surface area (Å²) in [5.41, 5.74) is 0. The number of aromatic amines is 1. The van der Waals surface area contributed by atoms with Crippen LogP contribution in [0.2, 0.25) is 0 Å². The van der Waals surface area contributed by atoms with Crippen LogP contribution in [0.3, 0.4) is 0 Å². The van der Waals surface area contributed by atoms with Crippen LogP contribution in [0.5, 0.6) is 0 Å². The van der Waals surface area contributed by atoms with E-state index in [-0.39, 0.29) is 0 Å². The van der Waals surface area contributed by atoms with E-state index < -0.39 is 0 Å². The van der Waals surface area contributed by atoms with Gasteiger partial charge in [-0.2, -0.15) is 0 Å². The number of nitrogens with one attached hydrogen (secondary N) is 1. The lowest BCUT2D eigenvalue weighted by Crippen LogP contribution is -1.50. The Balaban J connectivity index is 3.59. The molecule has 1 aromatic rings. The molecule has 0 aliphatic heterocycles. The fourth-order valence-corrected chi connectivity index (χ4v) is 2.42. The van der Waals surface area contributed by atoms with Crippen molar-refractivity contribution in [3.8, 4) is 0 Å². The molecular formula is C2HNS4. The van der Waals surface area contributed by atoms with E-state index in [9.17, 15) is 0 Å². The molecule has 0 spiro atoms. The molecule has 5 heteroatoms. The zero-order valence-electron chi connectivity index (χ0n) is 3.13. The first-order valence-electron chi connectivity index (χ1n) is 1.48. The van der Waals surface area contributed by atoms with Crippen LogP contribution in [0, 0.1) is 7.91 Å². The van der Waals surface area contributed by atoms with Crippen LogP contribution in [0.4, 0.5) is 0 Å². The van der Waals surface area contributed by atoms with Crippen LogP contribution in [-0.2, 0) is 0 Å². The second-order valence-electron chi connectivity index (χ2n) is 0.867. The second kappa shape index (κ2) is 2.13. The third-order valence-electron chi connectivity index (χ3n) is 0.397. The van der Waals surface area contributed by atoms with Gasteiger partial charge in [-0.1, -0.05) is 0 Å². The molecule has 1 rings (SSSR count). The van der Waals surface area contributed by atoms with E-state index in [0.29, 0.717) is 0 Å². The van der Waals surface area contributed by atoms with Crippen molar-refractivity contribution in [1.29, 1.82) is 0 Å². The SMILES string of the molecule is S=c1[nH]c(=S)ss1. The highest BCUT2D eigenvalue weighted by atomic mass is 32.9. The van der Waals surface area contributed by atoms with Crippen LogP contribution >= 0.6 is 45.1 Å². The van der Waals surface area contributed by atoms with Crippen LogP contribution in [-0.4, -0.2) is 4.98 Å². The first-order chi connectivity index (χ1) is 3.29. The molecule has 38 valence electrons. The van der Waals surface area contributed by atoms with Crippen molar-refractivity contribution in [2.75, 3.05) is 0 Å². The average molecular weight is 167 g/mol. The summed E-state index contributed by atoms with van der Waals surface area (Å²) in [6, 6.07) is 0. The highest BCUT2D eigenvalue weighted by Crippen LogP contribution is 2.07. The van der Waals surface area contributed by atoms with E-state index >= 15 is 0 Å². The maximum absolute atomic E-state index is 4.74. The fourth-order valence-electron chi connectivity index (χ4n) is 0.201. The van der Waals surface area contributed by atoms with Crippen molar-refractivity contribution in [2.45, 2.75) is 0 Å². The molecule has 1 aromatic heterocycles. The molecule has 0 radical (unpaired) electrons. The molecule has 0 aliphatic carbocycles. The largest absolute Gasteiger partial charge is 0.319 e. The Hall–Kier alpha value is 0.420. The summed E-state index contributed by atoms with van der Waals surface area (Å²) in [5.74, 6) is 0. The molecule has 0 unspecified atom stereocenters. The number of H-pyrrole nitrogens is 1. The molecule has 0 saturated heterocycles. The van der Waals surface area contributed by atoms with Gasteiger partial charge in [0.25, 0.3) is 0 Å². The Bertz CT molecular complexity index is 214. The molecule has 0 aromatic carbocycles. The Morgan fingerprint density at radius 3 is 1.71 bits per heavy atom.